The van der Waals surface area contributed by atoms with E-state index in [4.69, 9.17) is 0 Å². The van der Waals surface area contributed by atoms with E-state index in [-0.39, 0.29) is 18.1 Å². The smallest absolute Gasteiger partial charge is 0.285 e. The molecule has 0 saturated heterocycles. The molecular formula is C17H26NO3-. The van der Waals surface area contributed by atoms with Gasteiger partial charge in [-0.25, -0.2) is 0 Å². The second-order valence-corrected chi connectivity index (χ2v) is 6.54. The standard InChI is InChI=1S/C17H26NO3/c1-17(2,3)11-9-15(16(20)21)18-14(10-12-19)13-7-5-4-6-8-13/h4-8,14-15,19H,9-12H2,1-3H3,(H,20,21)/q-1/t14-,15?/m1/s1. The minimum atomic E-state index is -0.891. The zero-order chi connectivity index (χ0) is 15.9. The van der Waals surface area contributed by atoms with E-state index in [0.29, 0.717) is 12.8 Å². The van der Waals surface area contributed by atoms with Crippen LogP contribution in [0.4, 0.5) is 0 Å². The van der Waals surface area contributed by atoms with Crippen LogP contribution in [0.2, 0.25) is 0 Å². The Balaban J connectivity index is 2.76. The van der Waals surface area contributed by atoms with Crippen molar-refractivity contribution in [2.24, 2.45) is 5.41 Å². The number of rotatable bonds is 8. The van der Waals surface area contributed by atoms with Gasteiger partial charge in [0.25, 0.3) is 5.97 Å². The monoisotopic (exact) mass is 292 g/mol. The Morgan fingerprint density at radius 1 is 1.19 bits per heavy atom. The Morgan fingerprint density at radius 2 is 1.81 bits per heavy atom. The first-order valence-electron chi connectivity index (χ1n) is 7.42. The molecule has 0 saturated carbocycles. The highest BCUT2D eigenvalue weighted by Gasteiger charge is 2.16. The van der Waals surface area contributed by atoms with Crippen LogP contribution >= 0.6 is 0 Å². The normalized spacial score (nSPS) is 14.7. The average Bonchev–Trinajstić information content (AvgIpc) is 2.41. The quantitative estimate of drug-likeness (QED) is 0.766. The van der Waals surface area contributed by atoms with Gasteiger partial charge < -0.3 is 15.5 Å². The maximum absolute atomic E-state index is 11.4. The zero-order valence-corrected chi connectivity index (χ0v) is 13.1. The van der Waals surface area contributed by atoms with Crippen molar-refractivity contribution in [2.45, 2.75) is 52.1 Å². The number of carboxylic acid groups (broad SMARTS) is 1. The molecule has 1 aromatic rings. The fourth-order valence-electron chi connectivity index (χ4n) is 2.17. The van der Waals surface area contributed by atoms with Crippen molar-refractivity contribution < 1.29 is 15.0 Å². The van der Waals surface area contributed by atoms with Gasteiger partial charge in [0.1, 0.15) is 0 Å². The van der Waals surface area contributed by atoms with Crippen LogP contribution < -0.4 is 0 Å². The molecule has 0 aliphatic heterocycles. The molecule has 2 atom stereocenters. The lowest BCUT2D eigenvalue weighted by molar-refractivity contribution is -0.138. The predicted molar refractivity (Wildman–Crippen MR) is 84.4 cm³/mol. The first kappa shape index (κ1) is 17.7. The van der Waals surface area contributed by atoms with E-state index in [0.717, 1.165) is 12.0 Å². The van der Waals surface area contributed by atoms with Crippen LogP contribution in [0.1, 0.15) is 51.6 Å². The molecule has 118 valence electrons. The fraction of sp³-hybridized carbons (Fsp3) is 0.588. The summed E-state index contributed by atoms with van der Waals surface area (Å²) in [6.07, 6.45) is 1.77. The number of carboxylic acids is 1. The summed E-state index contributed by atoms with van der Waals surface area (Å²) in [6, 6.07) is 8.57. The van der Waals surface area contributed by atoms with Crippen LogP contribution in [0.5, 0.6) is 0 Å². The van der Waals surface area contributed by atoms with Gasteiger partial charge in [0, 0.05) is 6.61 Å². The van der Waals surface area contributed by atoms with Gasteiger partial charge in [-0.1, -0.05) is 63.1 Å². The zero-order valence-electron chi connectivity index (χ0n) is 13.1. The highest BCUT2D eigenvalue weighted by molar-refractivity contribution is 5.76. The number of hydrogen-bond acceptors (Lipinski definition) is 2. The van der Waals surface area contributed by atoms with Crippen LogP contribution in [0, 0.1) is 5.41 Å². The summed E-state index contributed by atoms with van der Waals surface area (Å²) in [5, 5.41) is 23.1. The second-order valence-electron chi connectivity index (χ2n) is 6.54. The number of nitrogens with zero attached hydrogens (tertiary/aromatic N) is 1. The summed E-state index contributed by atoms with van der Waals surface area (Å²) in [4.78, 5) is 11.4. The van der Waals surface area contributed by atoms with E-state index in [1.165, 1.54) is 0 Å². The van der Waals surface area contributed by atoms with Gasteiger partial charge in [-0.05, 0) is 24.3 Å². The predicted octanol–water partition coefficient (Wildman–Crippen LogP) is 3.76. The second kappa shape index (κ2) is 8.15. The summed E-state index contributed by atoms with van der Waals surface area (Å²) in [5.74, 6) is -0.891. The van der Waals surface area contributed by atoms with Gasteiger partial charge in [0.2, 0.25) is 0 Å². The maximum atomic E-state index is 11.4. The third-order valence-electron chi connectivity index (χ3n) is 3.40. The minimum Gasteiger partial charge on any atom is -0.644 e. The molecule has 4 nitrogen and oxygen atoms in total. The summed E-state index contributed by atoms with van der Waals surface area (Å²) in [6.45, 7) is 6.27. The number of benzene rings is 1. The summed E-state index contributed by atoms with van der Waals surface area (Å²) >= 11 is 0. The molecule has 0 aliphatic carbocycles. The van der Waals surface area contributed by atoms with Gasteiger partial charge in [0.05, 0.1) is 0 Å². The molecule has 0 aromatic heterocycles. The number of aliphatic hydroxyl groups is 1. The number of carbonyl (C=O) groups is 1. The first-order chi connectivity index (χ1) is 9.83. The third-order valence-corrected chi connectivity index (χ3v) is 3.40. The van der Waals surface area contributed by atoms with E-state index < -0.39 is 12.0 Å². The molecule has 1 rings (SSSR count). The minimum absolute atomic E-state index is 0.00529. The highest BCUT2D eigenvalue weighted by Crippen LogP contribution is 2.31. The Hall–Kier alpha value is -1.39. The number of aliphatic carboxylic acids is 1. The molecule has 0 aliphatic rings. The molecule has 0 amide bonds. The van der Waals surface area contributed by atoms with Gasteiger partial charge in [-0.2, -0.15) is 0 Å². The highest BCUT2D eigenvalue weighted by atomic mass is 16.4. The number of hydrogen-bond donors (Lipinski definition) is 2. The molecule has 2 N–H and O–H groups in total. The fourth-order valence-corrected chi connectivity index (χ4v) is 2.17. The molecule has 0 heterocycles. The Morgan fingerprint density at radius 3 is 2.29 bits per heavy atom. The number of aliphatic hydroxyl groups excluding tert-OH is 1. The molecule has 0 fully saturated rings. The van der Waals surface area contributed by atoms with Gasteiger partial charge in [-0.3, -0.25) is 4.79 Å². The molecular weight excluding hydrogens is 266 g/mol. The topological polar surface area (TPSA) is 71.6 Å². The van der Waals surface area contributed by atoms with E-state index in [2.05, 4.69) is 26.1 Å². The van der Waals surface area contributed by atoms with E-state index >= 15 is 0 Å². The van der Waals surface area contributed by atoms with Crippen molar-refractivity contribution in [1.82, 2.24) is 0 Å². The molecule has 0 bridgehead atoms. The lowest BCUT2D eigenvalue weighted by Gasteiger charge is -2.38. The first-order valence-corrected chi connectivity index (χ1v) is 7.42. The largest absolute Gasteiger partial charge is 0.644 e. The van der Waals surface area contributed by atoms with Crippen molar-refractivity contribution in [2.75, 3.05) is 6.61 Å². The Labute approximate surface area is 127 Å². The van der Waals surface area contributed by atoms with Crippen molar-refractivity contribution in [1.29, 1.82) is 0 Å². The summed E-state index contributed by atoms with van der Waals surface area (Å²) in [5.41, 5.74) is 1.04. The average molecular weight is 292 g/mol. The van der Waals surface area contributed by atoms with Gasteiger partial charge >= 0.3 is 0 Å². The van der Waals surface area contributed by atoms with Crippen LogP contribution in [0.15, 0.2) is 30.3 Å². The summed E-state index contributed by atoms with van der Waals surface area (Å²) in [7, 11) is 0. The van der Waals surface area contributed by atoms with Crippen molar-refractivity contribution >= 4 is 5.97 Å². The van der Waals surface area contributed by atoms with E-state index in [9.17, 15) is 15.0 Å². The van der Waals surface area contributed by atoms with Crippen LogP contribution in [-0.4, -0.2) is 28.8 Å². The van der Waals surface area contributed by atoms with Crippen molar-refractivity contribution in [3.63, 3.8) is 0 Å². The Bertz CT molecular complexity index is 425. The molecule has 4 heteroatoms. The van der Waals surface area contributed by atoms with Crippen molar-refractivity contribution in [3.8, 4) is 0 Å². The SMILES string of the molecule is CC(C)(C)CCC([N-][C@H](CCO)c1ccccc1)C(=O)O. The molecule has 1 unspecified atom stereocenters. The van der Waals surface area contributed by atoms with E-state index in [1.807, 2.05) is 30.3 Å². The lowest BCUT2D eigenvalue weighted by atomic mass is 9.88. The van der Waals surface area contributed by atoms with Crippen LogP contribution in [0.25, 0.3) is 5.32 Å². The van der Waals surface area contributed by atoms with Crippen molar-refractivity contribution in [3.05, 3.63) is 41.2 Å². The van der Waals surface area contributed by atoms with Crippen LogP contribution in [0.3, 0.4) is 0 Å². The summed E-state index contributed by atoms with van der Waals surface area (Å²) < 4.78 is 0. The molecule has 0 spiro atoms. The van der Waals surface area contributed by atoms with Crippen LogP contribution in [-0.2, 0) is 4.79 Å². The molecule has 0 radical (unpaired) electrons. The van der Waals surface area contributed by atoms with Gasteiger partial charge in [0.15, 0.2) is 0 Å². The molecule has 21 heavy (non-hydrogen) atoms. The maximum Gasteiger partial charge on any atom is 0.285 e. The Kier molecular flexibility index (Phi) is 6.85. The van der Waals surface area contributed by atoms with Gasteiger partial charge in [-0.15, -0.1) is 6.04 Å². The third kappa shape index (κ3) is 6.74. The van der Waals surface area contributed by atoms with E-state index in [1.54, 1.807) is 0 Å². The molecule has 1 aromatic carbocycles. The lowest BCUT2D eigenvalue weighted by Crippen LogP contribution is -2.24.